The second kappa shape index (κ2) is 6.72. The number of carbonyl (C=O) groups is 1. The number of hydrogen-bond donors (Lipinski definition) is 1. The van der Waals surface area contributed by atoms with Gasteiger partial charge in [-0.2, -0.15) is 0 Å². The zero-order valence-corrected chi connectivity index (χ0v) is 13.2. The van der Waals surface area contributed by atoms with E-state index >= 15 is 0 Å². The first kappa shape index (κ1) is 15.5. The lowest BCUT2D eigenvalue weighted by Gasteiger charge is -2.23. The van der Waals surface area contributed by atoms with E-state index in [4.69, 9.17) is 5.73 Å². The van der Waals surface area contributed by atoms with Gasteiger partial charge in [0.25, 0.3) is 5.91 Å². The fourth-order valence-electron chi connectivity index (χ4n) is 2.07. The highest BCUT2D eigenvalue weighted by Crippen LogP contribution is 2.24. The van der Waals surface area contributed by atoms with Crippen molar-refractivity contribution in [2.75, 3.05) is 17.2 Å². The van der Waals surface area contributed by atoms with Crippen molar-refractivity contribution in [3.63, 3.8) is 0 Å². The average molecular weight is 351 g/mol. The predicted molar refractivity (Wildman–Crippen MR) is 86.9 cm³/mol. The minimum Gasteiger partial charge on any atom is -0.399 e. The molecule has 21 heavy (non-hydrogen) atoms. The van der Waals surface area contributed by atoms with Crippen LogP contribution in [0.15, 0.2) is 46.9 Å². The Hall–Kier alpha value is -1.88. The van der Waals surface area contributed by atoms with Gasteiger partial charge in [-0.1, -0.05) is 13.0 Å². The molecule has 3 nitrogen and oxygen atoms in total. The number of amides is 1. The Labute approximate surface area is 131 Å². The summed E-state index contributed by atoms with van der Waals surface area (Å²) in [4.78, 5) is 14.4. The Kier molecular flexibility index (Phi) is 4.96. The number of anilines is 2. The molecule has 0 aliphatic carbocycles. The number of rotatable bonds is 4. The molecule has 0 bridgehead atoms. The van der Waals surface area contributed by atoms with Gasteiger partial charge in [0, 0.05) is 22.4 Å². The zero-order chi connectivity index (χ0) is 15.4. The van der Waals surface area contributed by atoms with E-state index in [2.05, 4.69) is 15.9 Å². The van der Waals surface area contributed by atoms with Crippen LogP contribution in [0.5, 0.6) is 0 Å². The molecule has 0 spiro atoms. The van der Waals surface area contributed by atoms with E-state index in [9.17, 15) is 9.18 Å². The van der Waals surface area contributed by atoms with Gasteiger partial charge in [0.1, 0.15) is 5.82 Å². The number of nitrogen functional groups attached to an aromatic ring is 1. The van der Waals surface area contributed by atoms with E-state index in [1.165, 1.54) is 18.2 Å². The molecule has 0 aliphatic rings. The van der Waals surface area contributed by atoms with Crippen LogP contribution in [0.1, 0.15) is 23.7 Å². The molecule has 0 aromatic heterocycles. The topological polar surface area (TPSA) is 46.3 Å². The van der Waals surface area contributed by atoms with Crippen LogP contribution in [0.2, 0.25) is 0 Å². The maximum Gasteiger partial charge on any atom is 0.259 e. The first-order valence-corrected chi connectivity index (χ1v) is 7.44. The summed E-state index contributed by atoms with van der Waals surface area (Å²) >= 11 is 3.24. The normalized spacial score (nSPS) is 10.4. The Bertz CT molecular complexity index is 660. The third-order valence-corrected chi connectivity index (χ3v) is 3.69. The van der Waals surface area contributed by atoms with Crippen LogP contribution in [0, 0.1) is 5.82 Å². The maximum absolute atomic E-state index is 13.2. The summed E-state index contributed by atoms with van der Waals surface area (Å²) < 4.78 is 13.6. The molecule has 2 aromatic carbocycles. The Morgan fingerprint density at radius 1 is 1.29 bits per heavy atom. The van der Waals surface area contributed by atoms with E-state index in [-0.39, 0.29) is 11.7 Å². The summed E-state index contributed by atoms with van der Waals surface area (Å²) in [6.07, 6.45) is 0.805. The van der Waals surface area contributed by atoms with Crippen LogP contribution in [0.3, 0.4) is 0 Å². The summed E-state index contributed by atoms with van der Waals surface area (Å²) in [7, 11) is 0. The molecule has 1 amide bonds. The molecule has 0 saturated carbocycles. The summed E-state index contributed by atoms with van der Waals surface area (Å²) in [6, 6.07) is 11.2. The van der Waals surface area contributed by atoms with Gasteiger partial charge in [-0.15, -0.1) is 0 Å². The molecule has 0 radical (unpaired) electrons. The van der Waals surface area contributed by atoms with Crippen LogP contribution >= 0.6 is 15.9 Å². The molecule has 2 N–H and O–H groups in total. The van der Waals surface area contributed by atoms with Crippen molar-refractivity contribution in [1.29, 1.82) is 0 Å². The smallest absolute Gasteiger partial charge is 0.259 e. The number of nitrogens with zero attached hydrogens (tertiary/aromatic N) is 1. The quantitative estimate of drug-likeness (QED) is 0.838. The number of benzene rings is 2. The maximum atomic E-state index is 13.2. The highest BCUT2D eigenvalue weighted by Gasteiger charge is 2.19. The van der Waals surface area contributed by atoms with E-state index in [0.717, 1.165) is 12.1 Å². The summed E-state index contributed by atoms with van der Waals surface area (Å²) in [5.74, 6) is -0.571. The summed E-state index contributed by atoms with van der Waals surface area (Å²) in [5, 5.41) is 0. The fraction of sp³-hybridized carbons (Fsp3) is 0.188. The predicted octanol–water partition coefficient (Wildman–Crippen LogP) is 4.23. The van der Waals surface area contributed by atoms with Crippen molar-refractivity contribution in [2.45, 2.75) is 13.3 Å². The molecule has 110 valence electrons. The van der Waals surface area contributed by atoms with E-state index < -0.39 is 0 Å². The third-order valence-electron chi connectivity index (χ3n) is 3.04. The van der Waals surface area contributed by atoms with Crippen LogP contribution in [-0.4, -0.2) is 12.5 Å². The van der Waals surface area contributed by atoms with Crippen molar-refractivity contribution >= 4 is 33.2 Å². The minimum absolute atomic E-state index is 0.186. The molecule has 0 heterocycles. The van der Waals surface area contributed by atoms with Gasteiger partial charge in [0.05, 0.1) is 5.56 Å². The highest BCUT2D eigenvalue weighted by atomic mass is 79.9. The summed E-state index contributed by atoms with van der Waals surface area (Å²) in [5.41, 5.74) is 7.54. The van der Waals surface area contributed by atoms with Crippen LogP contribution < -0.4 is 10.6 Å². The number of nitrogens with two attached hydrogens (primary N) is 1. The van der Waals surface area contributed by atoms with Gasteiger partial charge >= 0.3 is 0 Å². The van der Waals surface area contributed by atoms with Gasteiger partial charge in [-0.25, -0.2) is 4.39 Å². The van der Waals surface area contributed by atoms with Gasteiger partial charge < -0.3 is 10.6 Å². The summed E-state index contributed by atoms with van der Waals surface area (Å²) in [6.45, 7) is 2.55. The molecule has 2 aromatic rings. The van der Waals surface area contributed by atoms with Crippen molar-refractivity contribution in [1.82, 2.24) is 0 Å². The molecule has 0 saturated heterocycles. The Balaban J connectivity index is 2.40. The lowest BCUT2D eigenvalue weighted by Crippen LogP contribution is -2.32. The molecule has 0 atom stereocenters. The first-order valence-electron chi connectivity index (χ1n) is 6.65. The largest absolute Gasteiger partial charge is 0.399 e. The van der Waals surface area contributed by atoms with Crippen LogP contribution in [-0.2, 0) is 0 Å². The second-order valence-electron chi connectivity index (χ2n) is 4.68. The number of halogens is 2. The van der Waals surface area contributed by atoms with Gasteiger partial charge in [-0.3, -0.25) is 4.79 Å². The standard InChI is InChI=1S/C16H16BrFN2O/c1-2-8-20(13-5-3-4-12(19)10-13)16(21)14-7-6-11(18)9-15(14)17/h3-7,9-10H,2,8,19H2,1H3. The SMILES string of the molecule is CCCN(C(=O)c1ccc(F)cc1Br)c1cccc(N)c1. The van der Waals surface area contributed by atoms with Crippen LogP contribution in [0.25, 0.3) is 0 Å². The van der Waals surface area contributed by atoms with Crippen molar-refractivity contribution in [3.05, 3.63) is 58.3 Å². The Morgan fingerprint density at radius 2 is 2.05 bits per heavy atom. The van der Waals surface area contributed by atoms with Gasteiger partial charge in [0.15, 0.2) is 0 Å². The van der Waals surface area contributed by atoms with E-state index in [0.29, 0.717) is 22.3 Å². The van der Waals surface area contributed by atoms with Crippen molar-refractivity contribution in [3.8, 4) is 0 Å². The highest BCUT2D eigenvalue weighted by molar-refractivity contribution is 9.10. The average Bonchev–Trinajstić information content (AvgIpc) is 2.44. The lowest BCUT2D eigenvalue weighted by molar-refractivity contribution is 0.0986. The monoisotopic (exact) mass is 350 g/mol. The number of carbonyl (C=O) groups excluding carboxylic acids is 1. The molecule has 0 fully saturated rings. The molecule has 5 heteroatoms. The molecule has 2 rings (SSSR count). The molecular weight excluding hydrogens is 335 g/mol. The Morgan fingerprint density at radius 3 is 2.67 bits per heavy atom. The van der Waals surface area contributed by atoms with E-state index in [1.807, 2.05) is 13.0 Å². The van der Waals surface area contributed by atoms with Crippen molar-refractivity contribution < 1.29 is 9.18 Å². The zero-order valence-electron chi connectivity index (χ0n) is 11.6. The van der Waals surface area contributed by atoms with Gasteiger partial charge in [-0.05, 0) is 58.7 Å². The van der Waals surface area contributed by atoms with Crippen LogP contribution in [0.4, 0.5) is 15.8 Å². The lowest BCUT2D eigenvalue weighted by atomic mass is 10.1. The third kappa shape index (κ3) is 3.61. The number of hydrogen-bond acceptors (Lipinski definition) is 2. The molecule has 0 aliphatic heterocycles. The van der Waals surface area contributed by atoms with Gasteiger partial charge in [0.2, 0.25) is 0 Å². The minimum atomic E-state index is -0.385. The van der Waals surface area contributed by atoms with E-state index in [1.54, 1.807) is 23.1 Å². The van der Waals surface area contributed by atoms with Crippen molar-refractivity contribution in [2.24, 2.45) is 0 Å². The molecular formula is C16H16BrFN2O. The fourth-order valence-corrected chi connectivity index (χ4v) is 2.59. The molecule has 0 unspecified atom stereocenters. The second-order valence-corrected chi connectivity index (χ2v) is 5.53. The first-order chi connectivity index (χ1) is 10.0.